The molecule has 0 bridgehead atoms. The zero-order valence-corrected chi connectivity index (χ0v) is 11.3. The number of halogens is 1. The summed E-state index contributed by atoms with van der Waals surface area (Å²) in [6, 6.07) is 5.43. The molecule has 0 radical (unpaired) electrons. The van der Waals surface area contributed by atoms with Gasteiger partial charge in [0, 0.05) is 36.8 Å². The molecular weight excluding hydrogens is 238 g/mol. The molecule has 0 saturated heterocycles. The third kappa shape index (κ3) is 4.54. The summed E-state index contributed by atoms with van der Waals surface area (Å²) in [5.41, 5.74) is 6.83. The predicted octanol–water partition coefficient (Wildman–Crippen LogP) is 3.16. The van der Waals surface area contributed by atoms with Crippen LogP contribution in [0.5, 0.6) is 5.75 Å². The molecule has 2 atom stereocenters. The highest BCUT2D eigenvalue weighted by molar-refractivity contribution is 6.30. The first kappa shape index (κ1) is 14.3. The summed E-state index contributed by atoms with van der Waals surface area (Å²) < 4.78 is 10.9. The van der Waals surface area contributed by atoms with Gasteiger partial charge in [0.15, 0.2) is 0 Å². The van der Waals surface area contributed by atoms with E-state index in [1.807, 2.05) is 32.0 Å². The molecule has 0 heterocycles. The van der Waals surface area contributed by atoms with Crippen LogP contribution < -0.4 is 10.5 Å². The second-order valence-electron chi connectivity index (χ2n) is 4.18. The number of ether oxygens (including phenoxy) is 2. The van der Waals surface area contributed by atoms with Crippen LogP contribution in [0.25, 0.3) is 0 Å². The van der Waals surface area contributed by atoms with Gasteiger partial charge >= 0.3 is 0 Å². The summed E-state index contributed by atoms with van der Waals surface area (Å²) in [7, 11) is 1.68. The van der Waals surface area contributed by atoms with Gasteiger partial charge < -0.3 is 15.2 Å². The Balaban J connectivity index is 2.76. The number of nitrogens with two attached hydrogens (primary N) is 1. The van der Waals surface area contributed by atoms with Crippen LogP contribution in [0.1, 0.15) is 31.9 Å². The lowest BCUT2D eigenvalue weighted by Crippen LogP contribution is -2.16. The summed E-state index contributed by atoms with van der Waals surface area (Å²) in [5, 5.41) is 0.675. The molecule has 0 saturated carbocycles. The lowest BCUT2D eigenvalue weighted by atomic mass is 10.1. The van der Waals surface area contributed by atoms with Gasteiger partial charge in [0.1, 0.15) is 5.75 Å². The van der Waals surface area contributed by atoms with E-state index in [0.29, 0.717) is 11.6 Å². The highest BCUT2D eigenvalue weighted by atomic mass is 35.5. The zero-order valence-electron chi connectivity index (χ0n) is 10.6. The van der Waals surface area contributed by atoms with Crippen molar-refractivity contribution in [3.63, 3.8) is 0 Å². The molecule has 2 N–H and O–H groups in total. The van der Waals surface area contributed by atoms with Crippen molar-refractivity contribution in [2.45, 2.75) is 32.4 Å². The maximum absolute atomic E-state index is 5.95. The third-order valence-corrected chi connectivity index (χ3v) is 2.75. The molecule has 17 heavy (non-hydrogen) atoms. The van der Waals surface area contributed by atoms with E-state index in [1.165, 1.54) is 0 Å². The largest absolute Gasteiger partial charge is 0.490 e. The Kier molecular flexibility index (Phi) is 5.75. The van der Waals surface area contributed by atoms with Crippen LogP contribution in [-0.2, 0) is 4.74 Å². The van der Waals surface area contributed by atoms with Gasteiger partial charge in [-0.15, -0.1) is 0 Å². The van der Waals surface area contributed by atoms with Crippen molar-refractivity contribution in [3.05, 3.63) is 28.8 Å². The van der Waals surface area contributed by atoms with Gasteiger partial charge in [-0.2, -0.15) is 0 Å². The SMILES string of the molecule is COCCC(C)Oc1ccc(Cl)cc1[C@@H](C)N. The van der Waals surface area contributed by atoms with E-state index < -0.39 is 0 Å². The average molecular weight is 258 g/mol. The van der Waals surface area contributed by atoms with Crippen LogP contribution in [0.3, 0.4) is 0 Å². The van der Waals surface area contributed by atoms with E-state index in [1.54, 1.807) is 7.11 Å². The first-order valence-electron chi connectivity index (χ1n) is 5.75. The second kappa shape index (κ2) is 6.84. The van der Waals surface area contributed by atoms with Gasteiger partial charge in [0.25, 0.3) is 0 Å². The number of rotatable bonds is 6. The van der Waals surface area contributed by atoms with E-state index in [0.717, 1.165) is 17.7 Å². The molecule has 1 aromatic carbocycles. The van der Waals surface area contributed by atoms with Gasteiger partial charge in [0.05, 0.1) is 6.10 Å². The van der Waals surface area contributed by atoms with Gasteiger partial charge in [-0.25, -0.2) is 0 Å². The quantitative estimate of drug-likeness (QED) is 0.851. The topological polar surface area (TPSA) is 44.5 Å². The number of hydrogen-bond donors (Lipinski definition) is 1. The molecule has 3 nitrogen and oxygen atoms in total. The van der Waals surface area contributed by atoms with Crippen molar-refractivity contribution in [1.29, 1.82) is 0 Å². The summed E-state index contributed by atoms with van der Waals surface area (Å²) in [6.07, 6.45) is 0.936. The Morgan fingerprint density at radius 1 is 1.35 bits per heavy atom. The molecule has 4 heteroatoms. The molecule has 0 aliphatic carbocycles. The van der Waals surface area contributed by atoms with E-state index in [-0.39, 0.29) is 12.1 Å². The highest BCUT2D eigenvalue weighted by Gasteiger charge is 2.11. The van der Waals surface area contributed by atoms with Gasteiger partial charge in [0.2, 0.25) is 0 Å². The summed E-state index contributed by atoms with van der Waals surface area (Å²) >= 11 is 5.95. The maximum atomic E-state index is 5.95. The summed E-state index contributed by atoms with van der Waals surface area (Å²) in [6.45, 7) is 4.61. The van der Waals surface area contributed by atoms with Crippen LogP contribution in [0.15, 0.2) is 18.2 Å². The Bertz CT molecular complexity index is 355. The van der Waals surface area contributed by atoms with Crippen molar-refractivity contribution in [1.82, 2.24) is 0 Å². The highest BCUT2D eigenvalue weighted by Crippen LogP contribution is 2.28. The fourth-order valence-electron chi connectivity index (χ4n) is 1.54. The van der Waals surface area contributed by atoms with Gasteiger partial charge in [-0.3, -0.25) is 0 Å². The molecule has 0 amide bonds. The molecule has 1 unspecified atom stereocenters. The zero-order chi connectivity index (χ0) is 12.8. The smallest absolute Gasteiger partial charge is 0.124 e. The Morgan fingerprint density at radius 2 is 2.06 bits per heavy atom. The minimum absolute atomic E-state index is 0.0913. The normalized spacial score (nSPS) is 14.4. The summed E-state index contributed by atoms with van der Waals surface area (Å²) in [4.78, 5) is 0. The van der Waals surface area contributed by atoms with Gasteiger partial charge in [-0.05, 0) is 32.0 Å². The van der Waals surface area contributed by atoms with E-state index in [4.69, 9.17) is 26.8 Å². The summed E-state index contributed by atoms with van der Waals surface area (Å²) in [5.74, 6) is 0.799. The van der Waals surface area contributed by atoms with Crippen LogP contribution in [0.2, 0.25) is 5.02 Å². The van der Waals surface area contributed by atoms with E-state index >= 15 is 0 Å². The Hall–Kier alpha value is -0.770. The predicted molar refractivity (Wildman–Crippen MR) is 70.6 cm³/mol. The molecule has 0 aromatic heterocycles. The maximum Gasteiger partial charge on any atom is 0.124 e. The van der Waals surface area contributed by atoms with Gasteiger partial charge in [-0.1, -0.05) is 11.6 Å². The van der Waals surface area contributed by atoms with Crippen molar-refractivity contribution < 1.29 is 9.47 Å². The molecule has 0 spiro atoms. The van der Waals surface area contributed by atoms with Crippen LogP contribution in [0, 0.1) is 0 Å². The van der Waals surface area contributed by atoms with Crippen molar-refractivity contribution in [3.8, 4) is 5.75 Å². The van der Waals surface area contributed by atoms with Crippen molar-refractivity contribution in [2.75, 3.05) is 13.7 Å². The first-order valence-corrected chi connectivity index (χ1v) is 6.13. The van der Waals surface area contributed by atoms with Crippen LogP contribution >= 0.6 is 11.6 Å². The molecule has 1 rings (SSSR count). The second-order valence-corrected chi connectivity index (χ2v) is 4.62. The monoisotopic (exact) mass is 257 g/mol. The fraction of sp³-hybridized carbons (Fsp3) is 0.538. The van der Waals surface area contributed by atoms with Crippen LogP contribution in [-0.4, -0.2) is 19.8 Å². The van der Waals surface area contributed by atoms with Crippen molar-refractivity contribution >= 4 is 11.6 Å². The standard InChI is InChI=1S/C13H20ClNO2/c1-9(6-7-16-3)17-13-5-4-11(14)8-12(13)10(2)15/h4-5,8-10H,6-7,15H2,1-3H3/t9?,10-/m1/s1. The average Bonchev–Trinajstić information content (AvgIpc) is 2.28. The minimum Gasteiger partial charge on any atom is -0.490 e. The lowest BCUT2D eigenvalue weighted by Gasteiger charge is -2.19. The number of benzene rings is 1. The molecule has 0 aliphatic rings. The molecule has 0 aliphatic heterocycles. The van der Waals surface area contributed by atoms with Crippen LogP contribution in [0.4, 0.5) is 0 Å². The number of methoxy groups -OCH3 is 1. The first-order chi connectivity index (χ1) is 8.04. The third-order valence-electron chi connectivity index (χ3n) is 2.52. The van der Waals surface area contributed by atoms with E-state index in [2.05, 4.69) is 0 Å². The fourth-order valence-corrected chi connectivity index (χ4v) is 1.72. The Labute approximate surface area is 108 Å². The lowest BCUT2D eigenvalue weighted by molar-refractivity contribution is 0.134. The molecule has 1 aromatic rings. The Morgan fingerprint density at radius 3 is 2.65 bits per heavy atom. The molecule has 96 valence electrons. The molecule has 0 fully saturated rings. The number of hydrogen-bond acceptors (Lipinski definition) is 3. The molecular formula is C13H20ClNO2. The minimum atomic E-state index is -0.0988. The van der Waals surface area contributed by atoms with Crippen molar-refractivity contribution in [2.24, 2.45) is 5.73 Å². The van der Waals surface area contributed by atoms with E-state index in [9.17, 15) is 0 Å².